The van der Waals surface area contributed by atoms with Crippen LogP contribution in [0.1, 0.15) is 58.3 Å². The average Bonchev–Trinajstić information content (AvgIpc) is 3.05. The SMILES string of the molecule is [CH2]C([CH2])OC(=O)CCC(CCCCC)OC(=O)NCCN1CCCC1. The summed E-state index contributed by atoms with van der Waals surface area (Å²) in [6.07, 6.45) is 5.80. The van der Waals surface area contributed by atoms with E-state index in [0.29, 0.717) is 13.0 Å². The monoisotopic (exact) mass is 354 g/mol. The van der Waals surface area contributed by atoms with Gasteiger partial charge >= 0.3 is 12.1 Å². The molecule has 1 unspecified atom stereocenters. The third kappa shape index (κ3) is 11.0. The average molecular weight is 354 g/mol. The molecule has 25 heavy (non-hydrogen) atoms. The van der Waals surface area contributed by atoms with E-state index >= 15 is 0 Å². The van der Waals surface area contributed by atoms with Crippen molar-refractivity contribution in [1.82, 2.24) is 10.2 Å². The van der Waals surface area contributed by atoms with Crippen LogP contribution in [0.5, 0.6) is 0 Å². The lowest BCUT2D eigenvalue weighted by molar-refractivity contribution is -0.146. The number of carbonyl (C=O) groups is 2. The third-order valence-electron chi connectivity index (χ3n) is 4.27. The number of carbonyl (C=O) groups excluding carboxylic acids is 2. The smallest absolute Gasteiger partial charge is 0.407 e. The van der Waals surface area contributed by atoms with Gasteiger partial charge in [-0.15, -0.1) is 0 Å². The van der Waals surface area contributed by atoms with Crippen molar-refractivity contribution >= 4 is 12.1 Å². The Morgan fingerprint density at radius 2 is 1.84 bits per heavy atom. The number of rotatable bonds is 12. The predicted octanol–water partition coefficient (Wildman–Crippen LogP) is 3.12. The van der Waals surface area contributed by atoms with Crippen LogP contribution in [0.2, 0.25) is 0 Å². The van der Waals surface area contributed by atoms with Crippen LogP contribution in [0.4, 0.5) is 4.79 Å². The Kier molecular flexibility index (Phi) is 11.3. The minimum Gasteiger partial charge on any atom is -0.462 e. The van der Waals surface area contributed by atoms with Crippen LogP contribution in [0.25, 0.3) is 0 Å². The lowest BCUT2D eigenvalue weighted by atomic mass is 10.1. The van der Waals surface area contributed by atoms with Gasteiger partial charge in [0.2, 0.25) is 0 Å². The van der Waals surface area contributed by atoms with Crippen LogP contribution in [0.15, 0.2) is 0 Å². The third-order valence-corrected chi connectivity index (χ3v) is 4.27. The molecule has 6 nitrogen and oxygen atoms in total. The molecular weight excluding hydrogens is 320 g/mol. The van der Waals surface area contributed by atoms with Crippen LogP contribution in [0, 0.1) is 13.8 Å². The molecule has 1 aliphatic rings. The number of ether oxygens (including phenoxy) is 2. The first kappa shape index (κ1) is 21.7. The highest BCUT2D eigenvalue weighted by Gasteiger charge is 2.17. The summed E-state index contributed by atoms with van der Waals surface area (Å²) in [6.45, 7) is 12.8. The number of amides is 1. The normalized spacial score (nSPS) is 16.0. The van der Waals surface area contributed by atoms with Gasteiger partial charge in [0.15, 0.2) is 0 Å². The molecule has 2 radical (unpaired) electrons. The van der Waals surface area contributed by atoms with E-state index < -0.39 is 12.2 Å². The fourth-order valence-corrected chi connectivity index (χ4v) is 2.92. The van der Waals surface area contributed by atoms with Crippen LogP contribution in [-0.4, -0.2) is 55.3 Å². The van der Waals surface area contributed by atoms with Crippen LogP contribution in [0.3, 0.4) is 0 Å². The molecule has 1 saturated heterocycles. The number of hydrogen-bond acceptors (Lipinski definition) is 5. The molecule has 1 fully saturated rings. The lowest BCUT2D eigenvalue weighted by Gasteiger charge is -2.19. The molecule has 0 aromatic heterocycles. The van der Waals surface area contributed by atoms with Crippen molar-refractivity contribution in [2.75, 3.05) is 26.2 Å². The van der Waals surface area contributed by atoms with Gasteiger partial charge in [-0.3, -0.25) is 4.79 Å². The van der Waals surface area contributed by atoms with Crippen molar-refractivity contribution in [1.29, 1.82) is 0 Å². The molecular formula is C19H34N2O4. The van der Waals surface area contributed by atoms with Crippen LogP contribution >= 0.6 is 0 Å². The summed E-state index contributed by atoms with van der Waals surface area (Å²) < 4.78 is 10.4. The molecule has 1 rings (SSSR count). The number of esters is 1. The summed E-state index contributed by atoms with van der Waals surface area (Å²) in [5, 5.41) is 2.81. The second-order valence-electron chi connectivity index (χ2n) is 6.65. The molecule has 1 heterocycles. The van der Waals surface area contributed by atoms with E-state index in [-0.39, 0.29) is 18.5 Å². The van der Waals surface area contributed by atoms with Crippen molar-refractivity contribution in [3.05, 3.63) is 13.8 Å². The zero-order valence-electron chi connectivity index (χ0n) is 15.6. The van der Waals surface area contributed by atoms with E-state index in [4.69, 9.17) is 9.47 Å². The Labute approximate surface area is 152 Å². The summed E-state index contributed by atoms with van der Waals surface area (Å²) >= 11 is 0. The van der Waals surface area contributed by atoms with Gasteiger partial charge in [0.25, 0.3) is 0 Å². The molecule has 1 amide bonds. The topological polar surface area (TPSA) is 67.9 Å². The molecule has 0 spiro atoms. The maximum absolute atomic E-state index is 12.0. The first-order chi connectivity index (χ1) is 12.0. The lowest BCUT2D eigenvalue weighted by Crippen LogP contribution is -2.35. The Hall–Kier alpha value is -1.30. The Bertz CT molecular complexity index is 382. The molecule has 6 heteroatoms. The van der Waals surface area contributed by atoms with Gasteiger partial charge in [0, 0.05) is 19.5 Å². The van der Waals surface area contributed by atoms with E-state index in [1.807, 2.05) is 0 Å². The fraction of sp³-hybridized carbons (Fsp3) is 0.789. The molecule has 0 saturated carbocycles. The Balaban J connectivity index is 2.29. The van der Waals surface area contributed by atoms with E-state index in [1.165, 1.54) is 12.8 Å². The molecule has 0 aromatic carbocycles. The predicted molar refractivity (Wildman–Crippen MR) is 97.9 cm³/mol. The quantitative estimate of drug-likeness (QED) is 0.431. The van der Waals surface area contributed by atoms with Crippen LogP contribution < -0.4 is 5.32 Å². The number of hydrogen-bond donors (Lipinski definition) is 1. The van der Waals surface area contributed by atoms with Gasteiger partial charge < -0.3 is 19.7 Å². The number of nitrogens with one attached hydrogen (secondary N) is 1. The largest absolute Gasteiger partial charge is 0.462 e. The summed E-state index contributed by atoms with van der Waals surface area (Å²) in [6, 6.07) is 0. The first-order valence-electron chi connectivity index (χ1n) is 9.53. The minimum absolute atomic E-state index is 0.208. The molecule has 1 aliphatic heterocycles. The Morgan fingerprint density at radius 3 is 2.48 bits per heavy atom. The van der Waals surface area contributed by atoms with Crippen molar-refractivity contribution in [2.45, 2.75) is 70.5 Å². The van der Waals surface area contributed by atoms with E-state index in [9.17, 15) is 9.59 Å². The van der Waals surface area contributed by atoms with E-state index in [2.05, 4.69) is 31.0 Å². The highest BCUT2D eigenvalue weighted by Crippen LogP contribution is 2.13. The number of unbranched alkanes of at least 4 members (excludes halogenated alkanes) is 2. The standard InChI is InChI=1S/C19H34N2O4/c1-4-5-6-9-17(10-11-18(22)24-16(2)3)25-19(23)20-12-15-21-13-7-8-14-21/h16-17H,2-15H2,1H3,(H,20,23). The zero-order chi connectivity index (χ0) is 18.5. The molecule has 0 aromatic rings. The maximum atomic E-state index is 12.0. The summed E-state index contributed by atoms with van der Waals surface area (Å²) in [4.78, 5) is 26.0. The molecule has 1 N–H and O–H groups in total. The molecule has 0 bridgehead atoms. The van der Waals surface area contributed by atoms with E-state index in [0.717, 1.165) is 45.3 Å². The number of nitrogens with zero attached hydrogens (tertiary/aromatic N) is 1. The summed E-state index contributed by atoms with van der Waals surface area (Å²) in [7, 11) is 0. The summed E-state index contributed by atoms with van der Waals surface area (Å²) in [5.41, 5.74) is 0. The van der Waals surface area contributed by atoms with E-state index in [1.54, 1.807) is 0 Å². The van der Waals surface area contributed by atoms with Crippen molar-refractivity contribution in [2.24, 2.45) is 0 Å². The number of likely N-dealkylation sites (tertiary alicyclic amines) is 1. The van der Waals surface area contributed by atoms with Crippen molar-refractivity contribution < 1.29 is 19.1 Å². The molecule has 1 atom stereocenters. The maximum Gasteiger partial charge on any atom is 0.407 e. The van der Waals surface area contributed by atoms with Gasteiger partial charge in [-0.2, -0.15) is 0 Å². The Morgan fingerprint density at radius 1 is 1.12 bits per heavy atom. The van der Waals surface area contributed by atoms with Crippen molar-refractivity contribution in [3.8, 4) is 0 Å². The van der Waals surface area contributed by atoms with Gasteiger partial charge in [-0.05, 0) is 59.0 Å². The highest BCUT2D eigenvalue weighted by molar-refractivity contribution is 5.70. The van der Waals surface area contributed by atoms with Crippen molar-refractivity contribution in [3.63, 3.8) is 0 Å². The molecule has 144 valence electrons. The minimum atomic E-state index is -0.610. The second kappa shape index (κ2) is 13.0. The molecule has 0 aliphatic carbocycles. The fourth-order valence-electron chi connectivity index (χ4n) is 2.92. The number of alkyl carbamates (subject to hydrolysis) is 1. The zero-order valence-corrected chi connectivity index (χ0v) is 15.6. The first-order valence-corrected chi connectivity index (χ1v) is 9.53. The van der Waals surface area contributed by atoms with Gasteiger partial charge in [0.1, 0.15) is 12.2 Å². The second-order valence-corrected chi connectivity index (χ2v) is 6.65. The van der Waals surface area contributed by atoms with Gasteiger partial charge in [-0.25, -0.2) is 4.79 Å². The van der Waals surface area contributed by atoms with Crippen LogP contribution in [-0.2, 0) is 14.3 Å². The highest BCUT2D eigenvalue weighted by atomic mass is 16.6. The summed E-state index contributed by atoms with van der Waals surface area (Å²) in [5.74, 6) is -0.353. The van der Waals surface area contributed by atoms with Gasteiger partial charge in [0.05, 0.1) is 0 Å². The van der Waals surface area contributed by atoms with Gasteiger partial charge in [-0.1, -0.05) is 19.8 Å².